The van der Waals surface area contributed by atoms with Gasteiger partial charge in [-0.3, -0.25) is 4.90 Å². The lowest BCUT2D eigenvalue weighted by molar-refractivity contribution is 0.00149. The molecule has 0 unspecified atom stereocenters. The van der Waals surface area contributed by atoms with Gasteiger partial charge in [0.15, 0.2) is 0 Å². The number of nitrogens with zero attached hydrogens (tertiary/aromatic N) is 2. The van der Waals surface area contributed by atoms with Gasteiger partial charge in [0, 0.05) is 32.7 Å². The number of rotatable bonds is 10. The Bertz CT molecular complexity index is 587. The lowest BCUT2D eigenvalue weighted by Gasteiger charge is -2.33. The number of benzene rings is 1. The average Bonchev–Trinajstić information content (AvgIpc) is 2.62. The number of likely N-dealkylation sites (N-methyl/N-ethyl adjacent to an activating group) is 1. The van der Waals surface area contributed by atoms with Crippen LogP contribution in [0.1, 0.15) is 46.6 Å². The molecule has 29 heavy (non-hydrogen) atoms. The maximum Gasteiger partial charge on any atom is 0.119 e. The summed E-state index contributed by atoms with van der Waals surface area (Å²) < 4.78 is 11.4. The predicted octanol–water partition coefficient (Wildman–Crippen LogP) is 3.40. The first-order valence-corrected chi connectivity index (χ1v) is 11.0. The van der Waals surface area contributed by atoms with Crippen molar-refractivity contribution in [2.75, 3.05) is 59.6 Å². The summed E-state index contributed by atoms with van der Waals surface area (Å²) in [7, 11) is 2.14. The number of hydrogen-bond donors (Lipinski definition) is 1. The van der Waals surface area contributed by atoms with Crippen LogP contribution in [0, 0.1) is 5.41 Å². The van der Waals surface area contributed by atoms with Gasteiger partial charge in [0.1, 0.15) is 12.4 Å². The van der Waals surface area contributed by atoms with Crippen molar-refractivity contribution in [1.82, 2.24) is 9.80 Å². The molecule has 1 heterocycles. The van der Waals surface area contributed by atoms with E-state index < -0.39 is 6.10 Å². The molecule has 0 bridgehead atoms. The quantitative estimate of drug-likeness (QED) is 0.604. The zero-order valence-corrected chi connectivity index (χ0v) is 19.4. The Morgan fingerprint density at radius 2 is 1.59 bits per heavy atom. The Morgan fingerprint density at radius 1 is 0.966 bits per heavy atom. The van der Waals surface area contributed by atoms with Gasteiger partial charge in [0.2, 0.25) is 0 Å². The summed E-state index contributed by atoms with van der Waals surface area (Å²) in [5.41, 5.74) is 1.77. The normalized spacial score (nSPS) is 18.0. The van der Waals surface area contributed by atoms with Crippen LogP contribution in [0.5, 0.6) is 5.75 Å². The van der Waals surface area contributed by atoms with Crippen LogP contribution in [-0.2, 0) is 10.2 Å². The lowest BCUT2D eigenvalue weighted by atomic mass is 9.72. The maximum atomic E-state index is 10.1. The highest BCUT2D eigenvalue weighted by Gasteiger charge is 2.27. The molecule has 1 fully saturated rings. The summed E-state index contributed by atoms with van der Waals surface area (Å²) >= 11 is 0. The van der Waals surface area contributed by atoms with Crippen LogP contribution in [0.25, 0.3) is 0 Å². The zero-order chi connectivity index (χ0) is 21.5. The third-order valence-corrected chi connectivity index (χ3v) is 5.48. The van der Waals surface area contributed by atoms with Crippen molar-refractivity contribution in [3.05, 3.63) is 29.8 Å². The molecule has 166 valence electrons. The number of hydrogen-bond acceptors (Lipinski definition) is 5. The molecular weight excluding hydrogens is 364 g/mol. The van der Waals surface area contributed by atoms with Gasteiger partial charge in [-0.05, 0) is 42.0 Å². The number of β-amino-alcohol motifs (C(OH)–C–C–N with tert-alkyl or cyclic N) is 1. The van der Waals surface area contributed by atoms with Crippen molar-refractivity contribution in [3.63, 3.8) is 0 Å². The van der Waals surface area contributed by atoms with Crippen LogP contribution in [0.3, 0.4) is 0 Å². The minimum atomic E-state index is -0.442. The number of aliphatic hydroxyl groups is 1. The number of piperazine rings is 1. The maximum absolute atomic E-state index is 10.1. The van der Waals surface area contributed by atoms with E-state index in [9.17, 15) is 5.11 Å². The molecule has 0 saturated carbocycles. The van der Waals surface area contributed by atoms with E-state index in [-0.39, 0.29) is 5.41 Å². The van der Waals surface area contributed by atoms with E-state index in [0.717, 1.165) is 38.3 Å². The summed E-state index contributed by atoms with van der Waals surface area (Å²) in [5.74, 6) is 0.863. The Kier molecular flexibility index (Phi) is 8.95. The second kappa shape index (κ2) is 10.8. The van der Waals surface area contributed by atoms with Crippen LogP contribution in [-0.4, -0.2) is 80.6 Å². The summed E-state index contributed by atoms with van der Waals surface area (Å²) in [4.78, 5) is 4.61. The monoisotopic (exact) mass is 406 g/mol. The van der Waals surface area contributed by atoms with Gasteiger partial charge in [-0.2, -0.15) is 0 Å². The van der Waals surface area contributed by atoms with Crippen molar-refractivity contribution >= 4 is 0 Å². The Labute approximate surface area is 178 Å². The first-order chi connectivity index (χ1) is 13.5. The van der Waals surface area contributed by atoms with Gasteiger partial charge in [0.25, 0.3) is 0 Å². The smallest absolute Gasteiger partial charge is 0.119 e. The third-order valence-electron chi connectivity index (χ3n) is 5.48. The largest absolute Gasteiger partial charge is 0.491 e. The fourth-order valence-electron chi connectivity index (χ4n) is 4.25. The first-order valence-electron chi connectivity index (χ1n) is 11.0. The fourth-order valence-corrected chi connectivity index (χ4v) is 4.25. The highest BCUT2D eigenvalue weighted by atomic mass is 16.5. The van der Waals surface area contributed by atoms with E-state index in [2.05, 4.69) is 63.6 Å². The van der Waals surface area contributed by atoms with E-state index in [0.29, 0.717) is 31.8 Å². The standard InChI is InChI=1S/C24H42N2O3/c1-23(2,3)19-24(4,5)20-7-9-22(10-8-20)29-16-15-28-18-21(27)17-26-13-11-25(6)12-14-26/h7-10,21,27H,11-19H2,1-6H3/t21-/m0/s1. The SMILES string of the molecule is CN1CCN(C[C@H](O)COCCOc2ccc(C(C)(C)CC(C)(C)C)cc2)CC1. The molecule has 1 saturated heterocycles. The number of ether oxygens (including phenoxy) is 2. The second-order valence-corrected chi connectivity index (χ2v) is 10.3. The molecule has 1 atom stereocenters. The summed E-state index contributed by atoms with van der Waals surface area (Å²) in [6.45, 7) is 17.6. The Balaban J connectivity index is 1.64. The van der Waals surface area contributed by atoms with E-state index in [4.69, 9.17) is 9.47 Å². The van der Waals surface area contributed by atoms with Gasteiger partial charge >= 0.3 is 0 Å². The van der Waals surface area contributed by atoms with Crippen LogP contribution in [0.4, 0.5) is 0 Å². The van der Waals surface area contributed by atoms with Crippen LogP contribution >= 0.6 is 0 Å². The molecule has 0 aliphatic carbocycles. The molecule has 0 aromatic heterocycles. The summed E-state index contributed by atoms with van der Waals surface area (Å²) in [5, 5.41) is 10.1. The van der Waals surface area contributed by atoms with E-state index in [1.54, 1.807) is 0 Å². The topological polar surface area (TPSA) is 45.2 Å². The van der Waals surface area contributed by atoms with Crippen molar-refractivity contribution in [3.8, 4) is 5.75 Å². The molecule has 1 N–H and O–H groups in total. The molecule has 1 aromatic rings. The zero-order valence-electron chi connectivity index (χ0n) is 19.4. The van der Waals surface area contributed by atoms with E-state index >= 15 is 0 Å². The molecule has 5 nitrogen and oxygen atoms in total. The van der Waals surface area contributed by atoms with Crippen LogP contribution in [0.2, 0.25) is 0 Å². The second-order valence-electron chi connectivity index (χ2n) is 10.3. The number of aliphatic hydroxyl groups excluding tert-OH is 1. The minimum Gasteiger partial charge on any atom is -0.491 e. The molecule has 1 aliphatic heterocycles. The molecule has 5 heteroatoms. The molecule has 1 aliphatic rings. The van der Waals surface area contributed by atoms with Crippen molar-refractivity contribution < 1.29 is 14.6 Å². The molecule has 2 rings (SSSR count). The minimum absolute atomic E-state index is 0.139. The molecular formula is C24H42N2O3. The van der Waals surface area contributed by atoms with Gasteiger partial charge in [-0.25, -0.2) is 0 Å². The van der Waals surface area contributed by atoms with Gasteiger partial charge < -0.3 is 19.5 Å². The molecule has 0 radical (unpaired) electrons. The Hall–Kier alpha value is -1.14. The molecule has 1 aromatic carbocycles. The molecule has 0 amide bonds. The highest BCUT2D eigenvalue weighted by molar-refractivity contribution is 5.31. The highest BCUT2D eigenvalue weighted by Crippen LogP contribution is 2.36. The average molecular weight is 407 g/mol. The fraction of sp³-hybridized carbons (Fsp3) is 0.750. The molecule has 0 spiro atoms. The predicted molar refractivity (Wildman–Crippen MR) is 120 cm³/mol. The summed E-state index contributed by atoms with van der Waals surface area (Å²) in [6, 6.07) is 8.42. The van der Waals surface area contributed by atoms with Gasteiger partial charge in [-0.15, -0.1) is 0 Å². The van der Waals surface area contributed by atoms with Gasteiger partial charge in [-0.1, -0.05) is 46.8 Å². The van der Waals surface area contributed by atoms with E-state index in [1.165, 1.54) is 5.56 Å². The van der Waals surface area contributed by atoms with Crippen molar-refractivity contribution in [1.29, 1.82) is 0 Å². The van der Waals surface area contributed by atoms with Crippen molar-refractivity contribution in [2.24, 2.45) is 5.41 Å². The van der Waals surface area contributed by atoms with Crippen LogP contribution < -0.4 is 4.74 Å². The third kappa shape index (κ3) is 9.04. The van der Waals surface area contributed by atoms with Crippen molar-refractivity contribution in [2.45, 2.75) is 52.6 Å². The summed E-state index contributed by atoms with van der Waals surface area (Å²) in [6.07, 6.45) is 0.688. The van der Waals surface area contributed by atoms with Gasteiger partial charge in [0.05, 0.1) is 19.3 Å². The van der Waals surface area contributed by atoms with Crippen LogP contribution in [0.15, 0.2) is 24.3 Å². The van der Waals surface area contributed by atoms with E-state index in [1.807, 2.05) is 12.1 Å². The lowest BCUT2D eigenvalue weighted by Crippen LogP contribution is -2.47. The first kappa shape index (κ1) is 24.1. The Morgan fingerprint density at radius 3 is 2.17 bits per heavy atom.